The van der Waals surface area contributed by atoms with Gasteiger partial charge in [-0.25, -0.2) is 8.42 Å². The van der Waals surface area contributed by atoms with Gasteiger partial charge in [-0.3, -0.25) is 0 Å². The Morgan fingerprint density at radius 3 is 2.78 bits per heavy atom. The Kier molecular flexibility index (Phi) is 3.62. The molecule has 0 aromatic heterocycles. The van der Waals surface area contributed by atoms with E-state index in [1.165, 1.54) is 22.5 Å². The second kappa shape index (κ2) is 4.88. The average molecular weight is 285 g/mol. The molecular formula is C12H13ClN2O2S. The summed E-state index contributed by atoms with van der Waals surface area (Å²) in [6, 6.07) is 6.21. The molecule has 0 amide bonds. The van der Waals surface area contributed by atoms with E-state index in [0.717, 1.165) is 12.8 Å². The second-order valence-electron chi connectivity index (χ2n) is 4.36. The zero-order valence-electron chi connectivity index (χ0n) is 9.93. The summed E-state index contributed by atoms with van der Waals surface area (Å²) in [5.41, 5.74) is 0.296. The van der Waals surface area contributed by atoms with Crippen LogP contribution in [0.3, 0.4) is 0 Å². The van der Waals surface area contributed by atoms with Gasteiger partial charge in [0.25, 0.3) is 0 Å². The predicted molar refractivity (Wildman–Crippen MR) is 68.8 cm³/mol. The molecule has 0 aliphatic carbocycles. The Balaban J connectivity index is 2.51. The fourth-order valence-corrected chi connectivity index (χ4v) is 4.36. The minimum Gasteiger partial charge on any atom is -0.207 e. The molecule has 1 aromatic carbocycles. The molecular weight excluding hydrogens is 272 g/mol. The average Bonchev–Trinajstić information content (AvgIpc) is 2.76. The Labute approximate surface area is 112 Å². The van der Waals surface area contributed by atoms with Crippen molar-refractivity contribution in [2.45, 2.75) is 30.7 Å². The summed E-state index contributed by atoms with van der Waals surface area (Å²) < 4.78 is 26.4. The van der Waals surface area contributed by atoms with Crippen LogP contribution >= 0.6 is 11.6 Å². The number of rotatable bonds is 2. The van der Waals surface area contributed by atoms with Crippen LogP contribution in [-0.4, -0.2) is 25.3 Å². The molecule has 0 bridgehead atoms. The monoisotopic (exact) mass is 284 g/mol. The van der Waals surface area contributed by atoms with Crippen molar-refractivity contribution in [2.75, 3.05) is 6.54 Å². The molecule has 1 aliphatic heterocycles. The molecule has 96 valence electrons. The lowest BCUT2D eigenvalue weighted by atomic mass is 10.2. The van der Waals surface area contributed by atoms with Gasteiger partial charge in [0.05, 0.1) is 16.7 Å². The Bertz CT molecular complexity index is 607. The summed E-state index contributed by atoms with van der Waals surface area (Å²) in [5, 5.41) is 8.99. The van der Waals surface area contributed by atoms with Crippen LogP contribution in [0.1, 0.15) is 25.3 Å². The van der Waals surface area contributed by atoms with Crippen molar-refractivity contribution in [3.05, 3.63) is 28.8 Å². The molecule has 0 radical (unpaired) electrons. The molecule has 1 atom stereocenters. The first-order valence-electron chi connectivity index (χ1n) is 5.68. The van der Waals surface area contributed by atoms with Gasteiger partial charge >= 0.3 is 0 Å². The lowest BCUT2D eigenvalue weighted by Crippen LogP contribution is -2.33. The number of sulfonamides is 1. The topological polar surface area (TPSA) is 61.2 Å². The van der Waals surface area contributed by atoms with Gasteiger partial charge in [0.15, 0.2) is 0 Å². The van der Waals surface area contributed by atoms with Crippen LogP contribution in [0.4, 0.5) is 0 Å². The SMILES string of the molecule is CC1CCCN1S(=O)(=O)c1cc(C#N)ccc1Cl. The summed E-state index contributed by atoms with van der Waals surface area (Å²) in [6.07, 6.45) is 1.71. The van der Waals surface area contributed by atoms with Crippen LogP contribution in [0.15, 0.2) is 23.1 Å². The molecule has 4 nitrogen and oxygen atoms in total. The molecule has 6 heteroatoms. The quantitative estimate of drug-likeness (QED) is 0.838. The number of halogens is 1. The molecule has 1 aromatic rings. The minimum absolute atomic E-state index is 0.0168. The van der Waals surface area contributed by atoms with Crippen molar-refractivity contribution in [1.29, 1.82) is 5.26 Å². The third kappa shape index (κ3) is 2.24. The van der Waals surface area contributed by atoms with Crippen molar-refractivity contribution in [3.63, 3.8) is 0 Å². The van der Waals surface area contributed by atoms with Gasteiger partial charge in [-0.05, 0) is 38.0 Å². The highest BCUT2D eigenvalue weighted by Crippen LogP contribution is 2.30. The van der Waals surface area contributed by atoms with E-state index in [2.05, 4.69) is 0 Å². The molecule has 0 spiro atoms. The number of hydrogen-bond acceptors (Lipinski definition) is 3. The van der Waals surface area contributed by atoms with Gasteiger partial charge in [-0.15, -0.1) is 0 Å². The fraction of sp³-hybridized carbons (Fsp3) is 0.417. The van der Waals surface area contributed by atoms with Crippen LogP contribution in [-0.2, 0) is 10.0 Å². The summed E-state index contributed by atoms with van der Waals surface area (Å²) in [5.74, 6) is 0. The Morgan fingerprint density at radius 1 is 1.50 bits per heavy atom. The van der Waals surface area contributed by atoms with Gasteiger partial charge < -0.3 is 0 Å². The molecule has 1 saturated heterocycles. The standard InChI is InChI=1S/C12H13ClN2O2S/c1-9-3-2-6-15(9)18(16,17)12-7-10(8-14)4-5-11(12)13/h4-5,7,9H,2-3,6H2,1H3. The number of nitriles is 1. The van der Waals surface area contributed by atoms with Crippen LogP contribution in [0.5, 0.6) is 0 Å². The van der Waals surface area contributed by atoms with E-state index < -0.39 is 10.0 Å². The van der Waals surface area contributed by atoms with Gasteiger partial charge in [0.1, 0.15) is 4.90 Å². The molecule has 1 unspecified atom stereocenters. The maximum Gasteiger partial charge on any atom is 0.244 e. The van der Waals surface area contributed by atoms with Crippen molar-refractivity contribution in [1.82, 2.24) is 4.31 Å². The fourth-order valence-electron chi connectivity index (χ4n) is 2.16. The van der Waals surface area contributed by atoms with Crippen molar-refractivity contribution < 1.29 is 8.42 Å². The maximum atomic E-state index is 12.5. The maximum absolute atomic E-state index is 12.5. The normalized spacial score (nSPS) is 20.8. The minimum atomic E-state index is -3.60. The van der Waals surface area contributed by atoms with Crippen molar-refractivity contribution in [3.8, 4) is 6.07 Å². The summed E-state index contributed by atoms with van der Waals surface area (Å²) in [6.45, 7) is 2.39. The zero-order chi connectivity index (χ0) is 13.3. The van der Waals surface area contributed by atoms with Crippen LogP contribution in [0.2, 0.25) is 5.02 Å². The molecule has 0 N–H and O–H groups in total. The summed E-state index contributed by atoms with van der Waals surface area (Å²) in [4.78, 5) is 0.0250. The van der Waals surface area contributed by atoms with Gasteiger partial charge in [0.2, 0.25) is 10.0 Å². The highest BCUT2D eigenvalue weighted by atomic mass is 35.5. The van der Waals surface area contributed by atoms with Gasteiger partial charge in [0, 0.05) is 12.6 Å². The van der Waals surface area contributed by atoms with Gasteiger partial charge in [-0.1, -0.05) is 11.6 Å². The van der Waals surface area contributed by atoms with E-state index >= 15 is 0 Å². The van der Waals surface area contributed by atoms with E-state index in [-0.39, 0.29) is 16.0 Å². The molecule has 1 fully saturated rings. The third-order valence-electron chi connectivity index (χ3n) is 3.14. The lowest BCUT2D eigenvalue weighted by Gasteiger charge is -2.21. The van der Waals surface area contributed by atoms with E-state index in [4.69, 9.17) is 16.9 Å². The Hall–Kier alpha value is -1.09. The predicted octanol–water partition coefficient (Wildman–Crippen LogP) is 2.38. The second-order valence-corrected chi connectivity index (χ2v) is 6.63. The third-order valence-corrected chi connectivity index (χ3v) is 5.63. The smallest absolute Gasteiger partial charge is 0.207 e. The summed E-state index contributed by atoms with van der Waals surface area (Å²) >= 11 is 5.95. The van der Waals surface area contributed by atoms with Gasteiger partial charge in [-0.2, -0.15) is 9.57 Å². The van der Waals surface area contributed by atoms with Crippen LogP contribution in [0, 0.1) is 11.3 Å². The van der Waals surface area contributed by atoms with E-state index in [9.17, 15) is 8.42 Å². The molecule has 1 aliphatic rings. The molecule has 18 heavy (non-hydrogen) atoms. The largest absolute Gasteiger partial charge is 0.244 e. The first-order chi connectivity index (χ1) is 8.46. The molecule has 0 saturated carbocycles. The highest BCUT2D eigenvalue weighted by Gasteiger charge is 2.33. The highest BCUT2D eigenvalue weighted by molar-refractivity contribution is 7.89. The van der Waals surface area contributed by atoms with Crippen molar-refractivity contribution in [2.24, 2.45) is 0 Å². The number of benzene rings is 1. The zero-order valence-corrected chi connectivity index (χ0v) is 11.5. The van der Waals surface area contributed by atoms with Crippen molar-refractivity contribution >= 4 is 21.6 Å². The Morgan fingerprint density at radius 2 is 2.22 bits per heavy atom. The summed E-state index contributed by atoms with van der Waals surface area (Å²) in [7, 11) is -3.60. The number of nitrogens with zero attached hydrogens (tertiary/aromatic N) is 2. The first-order valence-corrected chi connectivity index (χ1v) is 7.50. The van der Waals surface area contributed by atoms with E-state index in [1.54, 1.807) is 0 Å². The van der Waals surface area contributed by atoms with Crippen LogP contribution in [0.25, 0.3) is 0 Å². The lowest BCUT2D eigenvalue weighted by molar-refractivity contribution is 0.408. The van der Waals surface area contributed by atoms with E-state index in [1.807, 2.05) is 13.0 Å². The van der Waals surface area contributed by atoms with E-state index in [0.29, 0.717) is 12.1 Å². The first kappa shape index (κ1) is 13.3. The molecule has 2 rings (SSSR count). The number of hydrogen-bond donors (Lipinski definition) is 0. The molecule has 1 heterocycles. The van der Waals surface area contributed by atoms with Crippen LogP contribution < -0.4 is 0 Å².